The molecule has 1 rings (SSSR count). The van der Waals surface area contributed by atoms with Crippen molar-refractivity contribution in [1.29, 1.82) is 0 Å². The van der Waals surface area contributed by atoms with E-state index in [-0.39, 0.29) is 17.9 Å². The lowest BCUT2D eigenvalue weighted by Gasteiger charge is -2.08. The Morgan fingerprint density at radius 1 is 1.47 bits per heavy atom. The molecular formula is C9H8Cl2O4. The van der Waals surface area contributed by atoms with Crippen molar-refractivity contribution < 1.29 is 19.7 Å². The predicted octanol–water partition coefficient (Wildman–Crippen LogP) is 2.80. The first-order valence-electron chi connectivity index (χ1n) is 4.00. The van der Waals surface area contributed by atoms with Crippen molar-refractivity contribution in [2.75, 3.05) is 0 Å². The minimum absolute atomic E-state index is 0.131. The third kappa shape index (κ3) is 3.49. The number of benzene rings is 1. The summed E-state index contributed by atoms with van der Waals surface area (Å²) < 4.78 is 4.35. The number of hydrogen-bond acceptors (Lipinski definition) is 3. The van der Waals surface area contributed by atoms with Gasteiger partial charge in [0.1, 0.15) is 4.84 Å². The summed E-state index contributed by atoms with van der Waals surface area (Å²) in [6.07, 6.45) is -1.28. The van der Waals surface area contributed by atoms with Crippen molar-refractivity contribution in [3.8, 4) is 11.5 Å². The van der Waals surface area contributed by atoms with E-state index in [1.54, 1.807) is 12.1 Å². The number of ether oxygens (including phenoxy) is 1. The summed E-state index contributed by atoms with van der Waals surface area (Å²) in [5, 5.41) is 18.0. The second-order valence-electron chi connectivity index (χ2n) is 2.73. The van der Waals surface area contributed by atoms with Gasteiger partial charge in [0.2, 0.25) is 0 Å². The van der Waals surface area contributed by atoms with Crippen LogP contribution in [0.3, 0.4) is 0 Å². The molecule has 0 atom stereocenters. The van der Waals surface area contributed by atoms with Crippen LogP contribution < -0.4 is 4.74 Å². The highest BCUT2D eigenvalue weighted by molar-refractivity contribution is 6.44. The third-order valence-electron chi connectivity index (χ3n) is 1.65. The number of hydrogen-bond donors (Lipinski definition) is 2. The number of para-hydroxylation sites is 1. The van der Waals surface area contributed by atoms with Crippen LogP contribution in [0.1, 0.15) is 5.56 Å². The van der Waals surface area contributed by atoms with Crippen molar-refractivity contribution in [2.45, 2.75) is 11.3 Å². The summed E-state index contributed by atoms with van der Waals surface area (Å²) in [6, 6.07) is 4.47. The number of carbonyl (C=O) groups is 1. The Hall–Kier alpha value is -1.13. The summed E-state index contributed by atoms with van der Waals surface area (Å²) in [6.45, 7) is 0. The molecule has 4 nitrogen and oxygen atoms in total. The van der Waals surface area contributed by atoms with Gasteiger partial charge in [0.15, 0.2) is 11.5 Å². The van der Waals surface area contributed by atoms with E-state index in [1.165, 1.54) is 6.07 Å². The second kappa shape index (κ2) is 5.09. The number of phenols is 1. The lowest BCUT2D eigenvalue weighted by atomic mass is 10.1. The molecule has 2 N–H and O–H groups in total. The molecule has 0 saturated carbocycles. The van der Waals surface area contributed by atoms with E-state index in [9.17, 15) is 9.90 Å². The van der Waals surface area contributed by atoms with E-state index < -0.39 is 11.0 Å². The van der Waals surface area contributed by atoms with E-state index in [4.69, 9.17) is 28.3 Å². The number of phenolic OH excluding ortho intramolecular Hbond substituents is 1. The lowest BCUT2D eigenvalue weighted by Crippen LogP contribution is -2.04. The maximum Gasteiger partial charge on any atom is 0.511 e. The summed E-state index contributed by atoms with van der Waals surface area (Å²) >= 11 is 11.1. The highest BCUT2D eigenvalue weighted by Crippen LogP contribution is 2.31. The van der Waals surface area contributed by atoms with Crippen LogP contribution in [0.2, 0.25) is 0 Å². The molecule has 0 aliphatic carbocycles. The van der Waals surface area contributed by atoms with Crippen LogP contribution in [0, 0.1) is 0 Å². The van der Waals surface area contributed by atoms with Crippen molar-refractivity contribution >= 4 is 29.4 Å². The lowest BCUT2D eigenvalue weighted by molar-refractivity contribution is 0.143. The Labute approximate surface area is 96.0 Å². The zero-order chi connectivity index (χ0) is 11.4. The Morgan fingerprint density at radius 3 is 2.67 bits per heavy atom. The summed E-state index contributed by atoms with van der Waals surface area (Å²) in [7, 11) is 0. The zero-order valence-electron chi connectivity index (χ0n) is 7.48. The molecule has 0 amide bonds. The average Bonchev–Trinajstić information content (AvgIpc) is 2.10. The normalized spacial score (nSPS) is 10.3. The number of carboxylic acid groups (broad SMARTS) is 1. The molecule has 0 radical (unpaired) electrons. The van der Waals surface area contributed by atoms with Crippen LogP contribution in [0.15, 0.2) is 18.2 Å². The second-order valence-corrected chi connectivity index (χ2v) is 4.00. The quantitative estimate of drug-likeness (QED) is 0.492. The van der Waals surface area contributed by atoms with Crippen molar-refractivity contribution in [3.63, 3.8) is 0 Å². The van der Waals surface area contributed by atoms with Gasteiger partial charge in [0.25, 0.3) is 0 Å². The molecule has 0 bridgehead atoms. The molecular weight excluding hydrogens is 243 g/mol. The number of halogens is 2. The molecule has 0 spiro atoms. The Morgan fingerprint density at radius 2 is 2.13 bits per heavy atom. The minimum Gasteiger partial charge on any atom is -0.504 e. The first kappa shape index (κ1) is 11.9. The van der Waals surface area contributed by atoms with Gasteiger partial charge >= 0.3 is 6.16 Å². The molecule has 1 aromatic carbocycles. The number of alkyl halides is 2. The summed E-state index contributed by atoms with van der Waals surface area (Å²) in [5.41, 5.74) is 0.434. The molecule has 15 heavy (non-hydrogen) atoms. The average molecular weight is 251 g/mol. The van der Waals surface area contributed by atoms with Gasteiger partial charge in [-0.2, -0.15) is 0 Å². The van der Waals surface area contributed by atoms with Gasteiger partial charge in [-0.05, 0) is 6.07 Å². The Bertz CT molecular complexity index is 365. The monoisotopic (exact) mass is 250 g/mol. The van der Waals surface area contributed by atoms with Gasteiger partial charge < -0.3 is 14.9 Å². The van der Waals surface area contributed by atoms with Crippen LogP contribution in [-0.4, -0.2) is 21.2 Å². The number of rotatable bonds is 3. The standard InChI is InChI=1S/C9H8Cl2O4/c10-7(11)4-5-2-1-3-6(8(5)12)15-9(13)14/h1-3,7,12H,4H2,(H,13,14). The summed E-state index contributed by atoms with van der Waals surface area (Å²) in [5.74, 6) is -0.389. The van der Waals surface area contributed by atoms with E-state index in [1.807, 2.05) is 0 Å². The molecule has 0 aliphatic heterocycles. The van der Waals surface area contributed by atoms with E-state index in [2.05, 4.69) is 4.74 Å². The molecule has 6 heteroatoms. The fourth-order valence-electron chi connectivity index (χ4n) is 1.08. The maximum atomic E-state index is 10.3. The van der Waals surface area contributed by atoms with Crippen LogP contribution in [0.4, 0.5) is 4.79 Å². The van der Waals surface area contributed by atoms with Gasteiger partial charge in [0, 0.05) is 12.0 Å². The van der Waals surface area contributed by atoms with E-state index in [0.717, 1.165) is 0 Å². The van der Waals surface area contributed by atoms with Crippen LogP contribution in [-0.2, 0) is 6.42 Å². The highest BCUT2D eigenvalue weighted by atomic mass is 35.5. The Kier molecular flexibility index (Phi) is 4.05. The fraction of sp³-hybridized carbons (Fsp3) is 0.222. The van der Waals surface area contributed by atoms with Gasteiger partial charge in [-0.3, -0.25) is 0 Å². The van der Waals surface area contributed by atoms with Crippen LogP contribution in [0.25, 0.3) is 0 Å². The summed E-state index contributed by atoms with van der Waals surface area (Å²) in [4.78, 5) is 9.60. The molecule has 0 saturated heterocycles. The van der Waals surface area contributed by atoms with Gasteiger partial charge in [0.05, 0.1) is 0 Å². The zero-order valence-corrected chi connectivity index (χ0v) is 9.00. The minimum atomic E-state index is -1.49. The number of aromatic hydroxyl groups is 1. The van der Waals surface area contributed by atoms with E-state index >= 15 is 0 Å². The SMILES string of the molecule is O=C(O)Oc1cccc(CC(Cl)Cl)c1O. The van der Waals surface area contributed by atoms with Gasteiger partial charge in [-0.25, -0.2) is 4.79 Å². The van der Waals surface area contributed by atoms with Crippen molar-refractivity contribution in [2.24, 2.45) is 0 Å². The smallest absolute Gasteiger partial charge is 0.504 e. The molecule has 0 aliphatic rings. The van der Waals surface area contributed by atoms with Gasteiger partial charge in [-0.15, -0.1) is 23.2 Å². The molecule has 0 aromatic heterocycles. The molecule has 82 valence electrons. The van der Waals surface area contributed by atoms with E-state index in [0.29, 0.717) is 5.56 Å². The van der Waals surface area contributed by atoms with Gasteiger partial charge in [-0.1, -0.05) is 12.1 Å². The van der Waals surface area contributed by atoms with Crippen LogP contribution in [0.5, 0.6) is 11.5 Å². The molecule has 0 fully saturated rings. The molecule has 1 aromatic rings. The topological polar surface area (TPSA) is 66.8 Å². The third-order valence-corrected chi connectivity index (χ3v) is 1.96. The fourth-order valence-corrected chi connectivity index (χ4v) is 1.41. The van der Waals surface area contributed by atoms with Crippen molar-refractivity contribution in [3.05, 3.63) is 23.8 Å². The van der Waals surface area contributed by atoms with Crippen molar-refractivity contribution in [1.82, 2.24) is 0 Å². The Balaban J connectivity index is 2.95. The first-order valence-corrected chi connectivity index (χ1v) is 4.87. The first-order chi connectivity index (χ1) is 7.00. The van der Waals surface area contributed by atoms with Crippen LogP contribution >= 0.6 is 23.2 Å². The maximum absolute atomic E-state index is 10.3. The molecule has 0 unspecified atom stereocenters. The largest absolute Gasteiger partial charge is 0.511 e. The predicted molar refractivity (Wildman–Crippen MR) is 56.0 cm³/mol. The highest BCUT2D eigenvalue weighted by Gasteiger charge is 2.13. The molecule has 0 heterocycles.